The number of allylic oxidation sites excluding steroid dienone is 3. The van der Waals surface area contributed by atoms with Gasteiger partial charge in [0.25, 0.3) is 0 Å². The van der Waals surface area contributed by atoms with Crippen LogP contribution in [0.3, 0.4) is 0 Å². The molecule has 16 heteroatoms. The van der Waals surface area contributed by atoms with Crippen molar-refractivity contribution in [2.75, 3.05) is 81.8 Å². The lowest BCUT2D eigenvalue weighted by Crippen LogP contribution is -2.31. The van der Waals surface area contributed by atoms with E-state index in [1.165, 1.54) is 224 Å². The van der Waals surface area contributed by atoms with Crippen molar-refractivity contribution in [2.45, 2.75) is 276 Å². The molecule has 7 aliphatic heterocycles. The maximum absolute atomic E-state index is 5.72. The van der Waals surface area contributed by atoms with Crippen molar-refractivity contribution < 1.29 is 75.8 Å². The predicted octanol–water partition coefficient (Wildman–Crippen LogP) is 22.0. The number of fused-ring (bicyclic) bond motifs is 13. The summed E-state index contributed by atoms with van der Waals surface area (Å²) in [6.45, 7) is 54.8. The van der Waals surface area contributed by atoms with E-state index in [-0.39, 0.29) is 6.10 Å². The molecule has 0 radical (unpaired) electrons. The van der Waals surface area contributed by atoms with E-state index >= 15 is 0 Å². The largest absolute Gasteiger partial charge is 0.505 e. The van der Waals surface area contributed by atoms with Crippen LogP contribution in [-0.2, 0) is 75.8 Å². The van der Waals surface area contributed by atoms with Crippen molar-refractivity contribution in [3.63, 3.8) is 0 Å². The molecule has 103 heavy (non-hydrogen) atoms. The highest BCUT2D eigenvalue weighted by molar-refractivity contribution is 5.05. The zero-order valence-corrected chi connectivity index (χ0v) is 67.2. The van der Waals surface area contributed by atoms with Crippen LogP contribution in [0.25, 0.3) is 0 Å². The molecule has 0 aromatic carbocycles. The van der Waals surface area contributed by atoms with E-state index in [1.807, 2.05) is 41.5 Å². The van der Waals surface area contributed by atoms with Gasteiger partial charge in [-0.25, -0.2) is 0 Å². The van der Waals surface area contributed by atoms with Gasteiger partial charge in [0, 0.05) is 0 Å². The summed E-state index contributed by atoms with van der Waals surface area (Å²) in [6, 6.07) is 0. The standard InChI is InChI=1S/C16H24O2.C11H18O.C10H18O.C9H16O3.2C8H14O.C6H10O.C4H8O.5C3H6O/c1-3-17-9-11-5-14-12-7-13(10-18-4-2)15(8-12)16(14)6-11;1-8(2)12-7-11-6-9-3-4-10(11)5-9;1-9(2)11-8-10-6-4-3-5-7-10;1-7(2)10-5-8-6-11-9(3,4)12-8;1-3-7-5-2-6-8(4-1)9-7;1-2-4-8-6-5-7(3-1)9-8;1-2-6-4-3-5(1)7-6;1-3-5-4-2;5*1-3-4-2/h3-4,11-16H,1-2,5-10H2;9-11H,1,3-7H2,2H3;10H,1,3-8H2,2H3;8H,1,5-6H2,2-4H3;2*7-8H,1-6H2;5-6H,1-4H2;3H,1,4H2,2H3;5*3H,1H2,2H3. The van der Waals surface area contributed by atoms with Gasteiger partial charge >= 0.3 is 0 Å². The van der Waals surface area contributed by atoms with Crippen molar-refractivity contribution in [1.29, 1.82) is 0 Å². The van der Waals surface area contributed by atoms with Crippen LogP contribution >= 0.6 is 0 Å². The molecule has 12 unspecified atom stereocenters. The molecular weight excluding hydrogens is 1300 g/mol. The minimum atomic E-state index is -0.455. The lowest BCUT2D eigenvalue weighted by atomic mass is 9.76. The van der Waals surface area contributed by atoms with Gasteiger partial charge in [0.15, 0.2) is 5.79 Å². The third-order valence-electron chi connectivity index (χ3n) is 21.0. The first-order valence-corrected chi connectivity index (χ1v) is 39.2. The summed E-state index contributed by atoms with van der Waals surface area (Å²) in [4.78, 5) is 0. The van der Waals surface area contributed by atoms with Crippen molar-refractivity contribution >= 4 is 0 Å². The lowest BCUT2D eigenvalue weighted by molar-refractivity contribution is -0.143. The van der Waals surface area contributed by atoms with Gasteiger partial charge < -0.3 is 75.8 Å². The summed E-state index contributed by atoms with van der Waals surface area (Å²) in [7, 11) is 7.81. The Labute approximate surface area is 629 Å². The zero-order valence-electron chi connectivity index (χ0n) is 67.2. The van der Waals surface area contributed by atoms with Crippen molar-refractivity contribution in [1.82, 2.24) is 0 Å². The number of hydrogen-bond donors (Lipinski definition) is 0. The second kappa shape index (κ2) is 60.8. The number of methoxy groups -OCH3 is 5. The van der Waals surface area contributed by atoms with Gasteiger partial charge in [-0.05, 0) is 248 Å². The number of rotatable bonds is 22. The summed E-state index contributed by atoms with van der Waals surface area (Å²) in [5.74, 6) is 11.0. The number of ether oxygens (including phenoxy) is 16. The molecule has 12 atom stereocenters. The van der Waals surface area contributed by atoms with Crippen LogP contribution in [0.2, 0.25) is 0 Å². The molecule has 13 rings (SSSR count). The van der Waals surface area contributed by atoms with E-state index in [0.29, 0.717) is 55.6 Å². The maximum Gasteiger partial charge on any atom is 0.163 e. The minimum Gasteiger partial charge on any atom is -0.505 e. The Morgan fingerprint density at radius 3 is 1.16 bits per heavy atom. The minimum absolute atomic E-state index is 0.0386. The Balaban J connectivity index is 0.000000576. The SMILES string of the molecule is C1CC2CCC1O2.C1CC2CCCC(C1)O2.C1CCC2CCC(C1)O2.C=C(C)OCC1CC2CCC1C2.C=C(C)OCC1CCCCC1.C=C(C)OCC1COC(C)(C)O1.C=COC.C=COC.C=COC.C=COC.C=COC.C=COCC.C=COCC1CC2C3CC(COC=C)C(C3)C2C1. The molecule has 7 heterocycles. The molecule has 0 aromatic rings. The van der Waals surface area contributed by atoms with Gasteiger partial charge in [0.2, 0.25) is 0 Å². The molecule has 0 amide bonds. The summed E-state index contributed by atoms with van der Waals surface area (Å²) in [5.41, 5.74) is 0. The fourth-order valence-corrected chi connectivity index (χ4v) is 16.2. The van der Waals surface area contributed by atoms with E-state index in [4.69, 9.17) is 47.4 Å². The van der Waals surface area contributed by atoms with Gasteiger partial charge in [0.1, 0.15) is 12.7 Å². The maximum atomic E-state index is 5.72. The second-order valence-electron chi connectivity index (χ2n) is 29.4. The van der Waals surface area contributed by atoms with Crippen LogP contribution < -0.4 is 0 Å². The summed E-state index contributed by atoms with van der Waals surface area (Å²) >= 11 is 0. The van der Waals surface area contributed by atoms with Gasteiger partial charge in [-0.2, -0.15) is 0 Å². The molecule has 7 saturated heterocycles. The van der Waals surface area contributed by atoms with E-state index in [9.17, 15) is 0 Å². The number of hydrogen-bond acceptors (Lipinski definition) is 16. The average molecular weight is 1450 g/mol. The third kappa shape index (κ3) is 45.1. The molecule has 0 spiro atoms. The van der Waals surface area contributed by atoms with Crippen molar-refractivity contribution in [2.24, 2.45) is 59.2 Å². The zero-order chi connectivity index (χ0) is 76.5. The first-order chi connectivity index (χ1) is 49.7. The van der Waals surface area contributed by atoms with Gasteiger partial charge in [0.05, 0.1) is 179 Å². The van der Waals surface area contributed by atoms with E-state index in [0.717, 1.165) is 104 Å². The first kappa shape index (κ1) is 95.8. The highest BCUT2D eigenvalue weighted by Gasteiger charge is 2.56. The van der Waals surface area contributed by atoms with Crippen LogP contribution in [0.5, 0.6) is 0 Å². The smallest absolute Gasteiger partial charge is 0.163 e. The first-order valence-electron chi connectivity index (χ1n) is 39.2. The van der Waals surface area contributed by atoms with Crippen molar-refractivity contribution in [3.05, 3.63) is 140 Å². The van der Waals surface area contributed by atoms with Gasteiger partial charge in [-0.3, -0.25) is 0 Å². The van der Waals surface area contributed by atoms with Crippen LogP contribution in [-0.4, -0.2) is 130 Å². The topological polar surface area (TPSA) is 148 Å². The van der Waals surface area contributed by atoms with Gasteiger partial charge in [-0.15, -0.1) is 0 Å². The van der Waals surface area contributed by atoms with Gasteiger partial charge in [-0.1, -0.05) is 111 Å². The van der Waals surface area contributed by atoms with Crippen LogP contribution in [0.4, 0.5) is 0 Å². The van der Waals surface area contributed by atoms with E-state index < -0.39 is 5.79 Å². The average Bonchev–Trinajstić information content (AvgIpc) is 1.59. The molecule has 596 valence electrons. The van der Waals surface area contributed by atoms with E-state index in [2.05, 4.69) is 101 Å². The molecule has 16 nitrogen and oxygen atoms in total. The molecule has 0 aromatic heterocycles. The van der Waals surface area contributed by atoms with E-state index in [1.54, 1.807) is 48.1 Å². The predicted molar refractivity (Wildman–Crippen MR) is 422 cm³/mol. The lowest BCUT2D eigenvalue weighted by Gasteiger charge is -2.34. The Morgan fingerprint density at radius 2 is 0.777 bits per heavy atom. The molecule has 6 aliphatic carbocycles. The Hall–Kier alpha value is -5.26. The van der Waals surface area contributed by atoms with Crippen LogP contribution in [0, 0.1) is 59.2 Å². The summed E-state index contributed by atoms with van der Waals surface area (Å²) < 4.78 is 80.8. The molecule has 13 aliphatic rings. The Morgan fingerprint density at radius 1 is 0.369 bits per heavy atom. The monoisotopic (exact) mass is 1450 g/mol. The highest BCUT2D eigenvalue weighted by atomic mass is 16.7. The molecule has 6 saturated carbocycles. The van der Waals surface area contributed by atoms with Crippen LogP contribution in [0.1, 0.15) is 228 Å². The molecule has 13 fully saturated rings. The third-order valence-corrected chi connectivity index (χ3v) is 21.0. The fraction of sp³-hybridized carbons (Fsp3) is 0.747. The quantitative estimate of drug-likeness (QED) is 0.0946. The van der Waals surface area contributed by atoms with Crippen molar-refractivity contribution in [3.8, 4) is 0 Å². The summed E-state index contributed by atoms with van der Waals surface area (Å²) in [6.07, 6.45) is 55.4. The normalized spacial score (nSPS) is 29.6. The second-order valence-corrected chi connectivity index (χ2v) is 29.4. The Kier molecular flexibility index (Phi) is 56.5. The molecular formula is C87H152O16. The highest BCUT2D eigenvalue weighted by Crippen LogP contribution is 2.62. The summed E-state index contributed by atoms with van der Waals surface area (Å²) in [5, 5.41) is 0. The Bertz CT molecular complexity index is 2110. The molecule has 0 N–H and O–H groups in total. The fourth-order valence-electron chi connectivity index (χ4n) is 16.2. The molecule has 10 bridgehead atoms. The van der Waals surface area contributed by atoms with Crippen LogP contribution in [0.15, 0.2) is 140 Å².